The third kappa shape index (κ3) is 3.46. The Bertz CT molecular complexity index is 870. The number of rotatable bonds is 4. The highest BCUT2D eigenvalue weighted by Gasteiger charge is 2.18. The topological polar surface area (TPSA) is 59.3 Å². The molecular weight excluding hydrogens is 339 g/mol. The predicted molar refractivity (Wildman–Crippen MR) is 88.3 cm³/mol. The number of halogens is 2. The zero-order chi connectivity index (χ0) is 16.4. The Kier molecular flexibility index (Phi) is 4.49. The van der Waals surface area contributed by atoms with Gasteiger partial charge in [0, 0.05) is 11.9 Å². The molecule has 2 aromatic heterocycles. The number of nitrogens with zero attached hydrogens (tertiary/aromatic N) is 3. The molecule has 118 valence electrons. The van der Waals surface area contributed by atoms with Gasteiger partial charge in [0.15, 0.2) is 10.8 Å². The first-order chi connectivity index (χ1) is 11.0. The van der Waals surface area contributed by atoms with Gasteiger partial charge in [0.1, 0.15) is 5.82 Å². The van der Waals surface area contributed by atoms with Crippen molar-refractivity contribution in [2.45, 2.75) is 17.3 Å². The highest BCUT2D eigenvalue weighted by atomic mass is 35.5. The first kappa shape index (κ1) is 15.8. The lowest BCUT2D eigenvalue weighted by Crippen LogP contribution is -2.22. The van der Waals surface area contributed by atoms with Crippen molar-refractivity contribution in [1.82, 2.24) is 14.6 Å². The monoisotopic (exact) mass is 350 g/mol. The van der Waals surface area contributed by atoms with Crippen molar-refractivity contribution in [3.63, 3.8) is 0 Å². The molecule has 5 nitrogen and oxygen atoms in total. The summed E-state index contributed by atoms with van der Waals surface area (Å²) in [5, 5.41) is 11.0. The summed E-state index contributed by atoms with van der Waals surface area (Å²) in [6, 6.07) is 9.62. The van der Waals surface area contributed by atoms with Crippen molar-refractivity contribution in [2.75, 3.05) is 5.32 Å². The second-order valence-electron chi connectivity index (χ2n) is 4.79. The van der Waals surface area contributed by atoms with Crippen molar-refractivity contribution < 1.29 is 9.18 Å². The van der Waals surface area contributed by atoms with Gasteiger partial charge in [-0.2, -0.15) is 0 Å². The fourth-order valence-electron chi connectivity index (χ4n) is 1.93. The molecular formula is C15H12ClFN4OS. The smallest absolute Gasteiger partial charge is 0.237 e. The van der Waals surface area contributed by atoms with Gasteiger partial charge >= 0.3 is 0 Å². The fraction of sp³-hybridized carbons (Fsp3) is 0.133. The van der Waals surface area contributed by atoms with E-state index in [1.807, 2.05) is 28.8 Å². The average molecular weight is 351 g/mol. The van der Waals surface area contributed by atoms with E-state index in [2.05, 4.69) is 15.5 Å². The molecule has 0 spiro atoms. The van der Waals surface area contributed by atoms with Crippen LogP contribution in [0.2, 0.25) is 5.02 Å². The summed E-state index contributed by atoms with van der Waals surface area (Å²) >= 11 is 6.99. The molecule has 23 heavy (non-hydrogen) atoms. The number of carbonyl (C=O) groups is 1. The molecule has 3 aromatic rings. The minimum atomic E-state index is -0.526. The number of fused-ring (bicyclic) bond motifs is 1. The highest BCUT2D eigenvalue weighted by molar-refractivity contribution is 8.00. The third-order valence-corrected chi connectivity index (χ3v) is 4.47. The standard InChI is InChI=1S/C15H12ClFN4OS/c1-9(14(22)18-10-5-6-12(17)11(16)8-10)23-15-20-19-13-4-2-3-7-21(13)15/h2-9H,1H3,(H,18,22). The van der Waals surface area contributed by atoms with Gasteiger partial charge in [0.25, 0.3) is 0 Å². The highest BCUT2D eigenvalue weighted by Crippen LogP contribution is 2.24. The van der Waals surface area contributed by atoms with Crippen molar-refractivity contribution >= 4 is 40.6 Å². The Balaban J connectivity index is 1.71. The number of pyridine rings is 1. The van der Waals surface area contributed by atoms with Crippen LogP contribution in [0.5, 0.6) is 0 Å². The van der Waals surface area contributed by atoms with E-state index in [1.54, 1.807) is 6.92 Å². The van der Waals surface area contributed by atoms with Crippen LogP contribution in [0.25, 0.3) is 5.65 Å². The summed E-state index contributed by atoms with van der Waals surface area (Å²) in [7, 11) is 0. The minimum Gasteiger partial charge on any atom is -0.325 e. The summed E-state index contributed by atoms with van der Waals surface area (Å²) < 4.78 is 14.9. The first-order valence-electron chi connectivity index (χ1n) is 6.77. The maximum Gasteiger partial charge on any atom is 0.237 e. The van der Waals surface area contributed by atoms with E-state index in [0.29, 0.717) is 16.5 Å². The SMILES string of the molecule is CC(Sc1nnc2ccccn12)C(=O)Nc1ccc(F)c(Cl)c1. The van der Waals surface area contributed by atoms with Crippen LogP contribution in [0.15, 0.2) is 47.8 Å². The van der Waals surface area contributed by atoms with E-state index in [4.69, 9.17) is 11.6 Å². The minimum absolute atomic E-state index is 0.0356. The summed E-state index contributed by atoms with van der Waals surface area (Å²) in [5.74, 6) is -0.757. The lowest BCUT2D eigenvalue weighted by molar-refractivity contribution is -0.115. The summed E-state index contributed by atoms with van der Waals surface area (Å²) in [4.78, 5) is 12.2. The van der Waals surface area contributed by atoms with Crippen LogP contribution in [-0.2, 0) is 4.79 Å². The van der Waals surface area contributed by atoms with Gasteiger partial charge < -0.3 is 5.32 Å². The Labute approximate surface area is 140 Å². The molecule has 8 heteroatoms. The van der Waals surface area contributed by atoms with Gasteiger partial charge in [-0.05, 0) is 37.3 Å². The molecule has 0 saturated heterocycles. The van der Waals surface area contributed by atoms with Crippen molar-refractivity contribution in [1.29, 1.82) is 0 Å². The third-order valence-electron chi connectivity index (χ3n) is 3.12. The van der Waals surface area contributed by atoms with Crippen LogP contribution in [0.3, 0.4) is 0 Å². The fourth-order valence-corrected chi connectivity index (χ4v) is 2.95. The van der Waals surface area contributed by atoms with Crippen molar-refractivity contribution in [3.8, 4) is 0 Å². The summed E-state index contributed by atoms with van der Waals surface area (Å²) in [6.45, 7) is 1.76. The lowest BCUT2D eigenvalue weighted by atomic mass is 10.3. The van der Waals surface area contributed by atoms with Crippen LogP contribution in [-0.4, -0.2) is 25.8 Å². The molecule has 0 bridgehead atoms. The van der Waals surface area contributed by atoms with Crippen LogP contribution < -0.4 is 5.32 Å². The second kappa shape index (κ2) is 6.55. The van der Waals surface area contributed by atoms with Crippen LogP contribution in [0.1, 0.15) is 6.92 Å². The average Bonchev–Trinajstić information content (AvgIpc) is 2.94. The van der Waals surface area contributed by atoms with Gasteiger partial charge in [0.2, 0.25) is 5.91 Å². The number of hydrogen-bond donors (Lipinski definition) is 1. The zero-order valence-corrected chi connectivity index (χ0v) is 13.6. The number of aromatic nitrogens is 3. The number of carbonyl (C=O) groups excluding carboxylic acids is 1. The predicted octanol–water partition coefficient (Wildman–Crippen LogP) is 3.64. The molecule has 1 unspecified atom stereocenters. The molecule has 1 N–H and O–H groups in total. The number of nitrogens with one attached hydrogen (secondary N) is 1. The van der Waals surface area contributed by atoms with E-state index in [9.17, 15) is 9.18 Å². The van der Waals surface area contributed by atoms with Gasteiger partial charge in [-0.1, -0.05) is 29.4 Å². The molecule has 0 saturated carbocycles. The number of benzene rings is 1. The van der Waals surface area contributed by atoms with Crippen LogP contribution in [0.4, 0.5) is 10.1 Å². The first-order valence-corrected chi connectivity index (χ1v) is 8.02. The summed E-state index contributed by atoms with van der Waals surface area (Å²) in [6.07, 6.45) is 1.84. The second-order valence-corrected chi connectivity index (χ2v) is 6.50. The van der Waals surface area contributed by atoms with Crippen molar-refractivity contribution in [3.05, 3.63) is 53.4 Å². The van der Waals surface area contributed by atoms with E-state index < -0.39 is 11.1 Å². The van der Waals surface area contributed by atoms with Gasteiger partial charge in [-0.15, -0.1) is 10.2 Å². The molecule has 1 aromatic carbocycles. The van der Waals surface area contributed by atoms with Gasteiger partial charge in [-0.3, -0.25) is 9.20 Å². The largest absolute Gasteiger partial charge is 0.325 e. The Morgan fingerprint density at radius 1 is 1.35 bits per heavy atom. The molecule has 0 aliphatic carbocycles. The van der Waals surface area contributed by atoms with Crippen LogP contribution >= 0.6 is 23.4 Å². The molecule has 0 radical (unpaired) electrons. The molecule has 2 heterocycles. The van der Waals surface area contributed by atoms with Gasteiger partial charge in [-0.25, -0.2) is 4.39 Å². The molecule has 1 amide bonds. The van der Waals surface area contributed by atoms with E-state index in [1.165, 1.54) is 30.0 Å². The molecule has 3 rings (SSSR count). The van der Waals surface area contributed by atoms with Crippen LogP contribution in [0, 0.1) is 5.82 Å². The van der Waals surface area contributed by atoms with Gasteiger partial charge in [0.05, 0.1) is 10.3 Å². The number of amides is 1. The molecule has 1 atom stereocenters. The lowest BCUT2D eigenvalue weighted by Gasteiger charge is -2.11. The van der Waals surface area contributed by atoms with E-state index >= 15 is 0 Å². The molecule has 0 aliphatic heterocycles. The van der Waals surface area contributed by atoms with Crippen molar-refractivity contribution in [2.24, 2.45) is 0 Å². The molecule has 0 aliphatic rings. The quantitative estimate of drug-likeness (QED) is 0.730. The number of anilines is 1. The summed E-state index contributed by atoms with van der Waals surface area (Å²) in [5.41, 5.74) is 1.16. The van der Waals surface area contributed by atoms with E-state index in [-0.39, 0.29) is 10.9 Å². The maximum absolute atomic E-state index is 13.1. The Morgan fingerprint density at radius 2 is 2.17 bits per heavy atom. The Morgan fingerprint density at radius 3 is 2.96 bits per heavy atom. The Hall–Kier alpha value is -2.12. The van der Waals surface area contributed by atoms with E-state index in [0.717, 1.165) is 0 Å². The zero-order valence-electron chi connectivity index (χ0n) is 12.0. The maximum atomic E-state index is 13.1. The number of hydrogen-bond acceptors (Lipinski definition) is 4. The molecule has 0 fully saturated rings. The number of thioether (sulfide) groups is 1. The normalized spacial score (nSPS) is 12.3.